The lowest BCUT2D eigenvalue weighted by atomic mass is 10.1. The highest BCUT2D eigenvalue weighted by Crippen LogP contribution is 2.34. The van der Waals surface area contributed by atoms with E-state index >= 15 is 0 Å². The fourth-order valence-electron chi connectivity index (χ4n) is 6.55. The van der Waals surface area contributed by atoms with Crippen molar-refractivity contribution >= 4 is 45.4 Å². The Kier molecular flexibility index (Phi) is 7.16. The Morgan fingerprint density at radius 3 is 2.81 bits per heavy atom. The molecule has 15 heteroatoms. The second-order valence-corrected chi connectivity index (χ2v) is 11.8. The number of ether oxygens (including phenoxy) is 1. The molecule has 0 spiro atoms. The molecule has 6 aromatic rings. The number of imidazole rings is 1. The van der Waals surface area contributed by atoms with Crippen molar-refractivity contribution in [1.29, 1.82) is 0 Å². The molecule has 8 rings (SSSR count). The number of hydrogen-bond donors (Lipinski definition) is 0. The van der Waals surface area contributed by atoms with Crippen LogP contribution in [0, 0.1) is 11.6 Å². The quantitative estimate of drug-likeness (QED) is 0.253. The summed E-state index contributed by atoms with van der Waals surface area (Å²) in [7, 11) is 1.78. The number of anilines is 1. The fraction of sp³-hybridized carbons (Fsp3) is 0.281. The Labute approximate surface area is 271 Å². The Morgan fingerprint density at radius 1 is 1.06 bits per heavy atom. The number of aryl methyl sites for hydroxylation is 1. The summed E-state index contributed by atoms with van der Waals surface area (Å²) in [5.41, 5.74) is 3.62. The number of carbonyl (C=O) groups is 1. The molecule has 1 saturated heterocycles. The lowest BCUT2D eigenvalue weighted by Crippen LogP contribution is -2.45. The van der Waals surface area contributed by atoms with Crippen LogP contribution in [0.5, 0.6) is 6.01 Å². The van der Waals surface area contributed by atoms with E-state index in [0.29, 0.717) is 55.0 Å². The number of halogens is 3. The summed E-state index contributed by atoms with van der Waals surface area (Å²) in [5, 5.41) is 4.85. The lowest BCUT2D eigenvalue weighted by molar-refractivity contribution is -0.131. The first-order valence-electron chi connectivity index (χ1n) is 15.1. The summed E-state index contributed by atoms with van der Waals surface area (Å²) in [4.78, 5) is 40.5. The van der Waals surface area contributed by atoms with Crippen molar-refractivity contribution in [2.24, 2.45) is 0 Å². The van der Waals surface area contributed by atoms with Crippen LogP contribution < -0.4 is 9.64 Å². The van der Waals surface area contributed by atoms with E-state index in [1.165, 1.54) is 23.3 Å². The van der Waals surface area contributed by atoms with Crippen LogP contribution in [0.15, 0.2) is 61.2 Å². The van der Waals surface area contributed by atoms with Crippen LogP contribution in [-0.4, -0.2) is 82.4 Å². The van der Waals surface area contributed by atoms with Gasteiger partial charge in [0, 0.05) is 44.4 Å². The van der Waals surface area contributed by atoms with Crippen LogP contribution in [0.25, 0.3) is 39.0 Å². The molecule has 12 nitrogen and oxygen atoms in total. The van der Waals surface area contributed by atoms with Gasteiger partial charge in [-0.15, -0.1) is 11.6 Å². The highest BCUT2D eigenvalue weighted by atomic mass is 35.5. The maximum atomic E-state index is 14.7. The summed E-state index contributed by atoms with van der Waals surface area (Å²) in [6, 6.07) is 10.5. The number of likely N-dealkylation sites (N-methyl/N-ethyl adjacent to an activating group) is 1. The molecule has 2 aromatic carbocycles. The zero-order chi connectivity index (χ0) is 32.2. The van der Waals surface area contributed by atoms with Crippen molar-refractivity contribution < 1.29 is 18.3 Å². The Balaban J connectivity index is 1.20. The summed E-state index contributed by atoms with van der Waals surface area (Å²) in [6.45, 7) is 1.36. The van der Waals surface area contributed by atoms with Gasteiger partial charge in [0.25, 0.3) is 0 Å². The van der Waals surface area contributed by atoms with E-state index in [9.17, 15) is 13.6 Å². The molecule has 0 unspecified atom stereocenters. The average Bonchev–Trinajstić information content (AvgIpc) is 3.79. The van der Waals surface area contributed by atoms with Crippen LogP contribution in [-0.2, 0) is 17.2 Å². The van der Waals surface area contributed by atoms with Crippen molar-refractivity contribution in [2.45, 2.75) is 37.4 Å². The van der Waals surface area contributed by atoms with Gasteiger partial charge in [-0.3, -0.25) is 4.79 Å². The number of amides is 1. The van der Waals surface area contributed by atoms with Gasteiger partial charge < -0.3 is 19.1 Å². The minimum absolute atomic E-state index is 0.0357. The van der Waals surface area contributed by atoms with Crippen molar-refractivity contribution in [1.82, 2.24) is 44.2 Å². The monoisotopic (exact) mass is 656 g/mol. The van der Waals surface area contributed by atoms with Gasteiger partial charge in [0.05, 0.1) is 40.7 Å². The molecule has 2 atom stereocenters. The number of aromatic nitrogens is 8. The first-order valence-corrected chi connectivity index (χ1v) is 15.6. The summed E-state index contributed by atoms with van der Waals surface area (Å²) < 4.78 is 38.1. The zero-order valence-electron chi connectivity index (χ0n) is 25.1. The van der Waals surface area contributed by atoms with E-state index in [-0.39, 0.29) is 23.5 Å². The molecular weight excluding hydrogens is 630 g/mol. The van der Waals surface area contributed by atoms with Crippen LogP contribution in [0.3, 0.4) is 0 Å². The highest BCUT2D eigenvalue weighted by molar-refractivity contribution is 6.17. The normalized spacial score (nSPS) is 18.4. The van der Waals surface area contributed by atoms with E-state index in [1.807, 2.05) is 29.2 Å². The molecule has 2 aliphatic heterocycles. The van der Waals surface area contributed by atoms with E-state index in [0.717, 1.165) is 34.6 Å². The zero-order valence-corrected chi connectivity index (χ0v) is 25.8. The number of nitrogens with zero attached hydrogens (tertiary/aromatic N) is 10. The van der Waals surface area contributed by atoms with Crippen molar-refractivity contribution in [2.75, 3.05) is 25.0 Å². The Hall–Kier alpha value is -5.24. The number of benzene rings is 2. The van der Waals surface area contributed by atoms with Gasteiger partial charge in [-0.25, -0.2) is 33.4 Å². The van der Waals surface area contributed by atoms with Gasteiger partial charge in [0.1, 0.15) is 41.6 Å². The third-order valence-electron chi connectivity index (χ3n) is 8.70. The summed E-state index contributed by atoms with van der Waals surface area (Å²) in [5.74, 6) is -0.187. The van der Waals surface area contributed by atoms with Crippen molar-refractivity contribution in [3.8, 4) is 23.0 Å². The van der Waals surface area contributed by atoms with Gasteiger partial charge >= 0.3 is 6.01 Å². The second kappa shape index (κ2) is 11.5. The van der Waals surface area contributed by atoms with Crippen molar-refractivity contribution in [3.05, 3.63) is 78.6 Å². The molecule has 0 radical (unpaired) electrons. The summed E-state index contributed by atoms with van der Waals surface area (Å²) in [6.07, 6.45) is 5.05. The van der Waals surface area contributed by atoms with E-state index in [2.05, 4.69) is 24.6 Å². The van der Waals surface area contributed by atoms with Crippen LogP contribution in [0.4, 0.5) is 14.6 Å². The average molecular weight is 657 g/mol. The first-order chi connectivity index (χ1) is 22.9. The van der Waals surface area contributed by atoms with E-state index in [1.54, 1.807) is 18.1 Å². The standard InChI is InChI=1S/C32H27ClF2N10O2/c1-42-10-3-11-43-27(14-33)40-24-5-2-4-20(28(24)43)23-8-9-36-32(41-23)47-19-13-26(31(42)46)44(16-19)29-21-15-39-45(30(21)38-17-37-29)25-7-6-18(34)12-22(25)35/h2,4-9,12,15,17,19,26H,3,10-11,13-14,16H2,1H3/t19-,26-/m0/s1. The second-order valence-electron chi connectivity index (χ2n) is 11.6. The maximum Gasteiger partial charge on any atom is 0.317 e. The van der Waals surface area contributed by atoms with Gasteiger partial charge in [-0.1, -0.05) is 12.1 Å². The van der Waals surface area contributed by atoms with E-state index in [4.69, 9.17) is 26.3 Å². The first kappa shape index (κ1) is 29.2. The van der Waals surface area contributed by atoms with Crippen LogP contribution in [0.2, 0.25) is 0 Å². The molecular formula is C32H27ClF2N10O2. The number of hydrogen-bond acceptors (Lipinski definition) is 9. The number of rotatable bonds is 3. The molecule has 238 valence electrons. The van der Waals surface area contributed by atoms with Gasteiger partial charge in [-0.2, -0.15) is 10.1 Å². The SMILES string of the molecule is CN1CCCn2c(CCl)nc3cccc(c32)-c2ccnc(n2)O[C@H]2C[C@@H](C1=O)N(c1ncnc3c1cnn3-c1ccc(F)cc1F)C2. The third kappa shape index (κ3) is 4.99. The molecule has 1 fully saturated rings. The molecule has 4 bridgehead atoms. The Morgan fingerprint density at radius 2 is 1.96 bits per heavy atom. The molecule has 4 aromatic heterocycles. The third-order valence-corrected chi connectivity index (χ3v) is 8.94. The number of fused-ring (bicyclic) bond motifs is 6. The number of para-hydroxylation sites is 1. The molecule has 1 amide bonds. The van der Waals surface area contributed by atoms with Gasteiger partial charge in [0.2, 0.25) is 5.91 Å². The molecule has 47 heavy (non-hydrogen) atoms. The highest BCUT2D eigenvalue weighted by Gasteiger charge is 2.41. The number of alkyl halides is 1. The predicted octanol–water partition coefficient (Wildman–Crippen LogP) is 4.53. The fourth-order valence-corrected chi connectivity index (χ4v) is 6.76. The molecule has 6 heterocycles. The molecule has 0 N–H and O–H groups in total. The van der Waals surface area contributed by atoms with Gasteiger partial charge in [-0.05, 0) is 30.7 Å². The van der Waals surface area contributed by atoms with E-state index < -0.39 is 23.8 Å². The minimum atomic E-state index is -0.785. The lowest BCUT2D eigenvalue weighted by Gasteiger charge is -2.28. The topological polar surface area (TPSA) is 120 Å². The molecule has 2 aliphatic rings. The Bertz CT molecular complexity index is 2170. The number of carbonyl (C=O) groups excluding carboxylic acids is 1. The van der Waals surface area contributed by atoms with Crippen molar-refractivity contribution in [3.63, 3.8) is 0 Å². The predicted molar refractivity (Wildman–Crippen MR) is 169 cm³/mol. The smallest absolute Gasteiger partial charge is 0.317 e. The van der Waals surface area contributed by atoms with Gasteiger partial charge in [0.15, 0.2) is 11.5 Å². The maximum absolute atomic E-state index is 14.7. The molecule has 0 saturated carbocycles. The van der Waals surface area contributed by atoms with Crippen LogP contribution in [0.1, 0.15) is 18.7 Å². The largest absolute Gasteiger partial charge is 0.458 e. The minimum Gasteiger partial charge on any atom is -0.458 e. The summed E-state index contributed by atoms with van der Waals surface area (Å²) >= 11 is 6.33. The molecule has 0 aliphatic carbocycles. The van der Waals surface area contributed by atoms with Crippen LogP contribution >= 0.6 is 11.6 Å².